The standard InChI is InChI=1S/C30H33N3O4/c1-19(27(34)33-30(2,3)28(31)35)16-20-12-14-21(15-13-20)17-32-29(36)37-18-26-24-10-6-4-8-22(24)23-9-5-7-11-25(23)26/h4-15,19,26H,16-18H2,1-3H3,(H2,31,35)(H,32,36)(H,33,34)/t19-/m0/s1. The molecule has 4 N–H and O–H groups in total. The number of benzene rings is 3. The lowest BCUT2D eigenvalue weighted by molar-refractivity contribution is -0.132. The minimum atomic E-state index is -1.10. The van der Waals surface area contributed by atoms with E-state index in [-0.39, 0.29) is 24.3 Å². The molecule has 0 saturated heterocycles. The quantitative estimate of drug-likeness (QED) is 0.408. The third kappa shape index (κ3) is 6.00. The van der Waals surface area contributed by atoms with Crippen molar-refractivity contribution in [2.75, 3.05) is 6.61 Å². The summed E-state index contributed by atoms with van der Waals surface area (Å²) in [6.07, 6.45) is 0.0501. The van der Waals surface area contributed by atoms with Crippen molar-refractivity contribution in [2.45, 2.75) is 45.2 Å². The summed E-state index contributed by atoms with van der Waals surface area (Å²) in [5, 5.41) is 5.50. The van der Waals surface area contributed by atoms with Gasteiger partial charge in [-0.25, -0.2) is 4.79 Å². The van der Waals surface area contributed by atoms with Crippen LogP contribution in [0.25, 0.3) is 11.1 Å². The Morgan fingerprint density at radius 3 is 2.00 bits per heavy atom. The van der Waals surface area contributed by atoms with Crippen molar-refractivity contribution in [1.29, 1.82) is 0 Å². The highest BCUT2D eigenvalue weighted by Crippen LogP contribution is 2.44. The minimum Gasteiger partial charge on any atom is -0.449 e. The number of fused-ring (bicyclic) bond motifs is 3. The molecule has 0 unspecified atom stereocenters. The summed E-state index contributed by atoms with van der Waals surface area (Å²) in [6, 6.07) is 24.1. The van der Waals surface area contributed by atoms with Crippen molar-refractivity contribution >= 4 is 17.9 Å². The topological polar surface area (TPSA) is 111 Å². The zero-order chi connectivity index (χ0) is 26.6. The van der Waals surface area contributed by atoms with E-state index in [0.717, 1.165) is 11.1 Å². The Morgan fingerprint density at radius 1 is 0.892 bits per heavy atom. The summed E-state index contributed by atoms with van der Waals surface area (Å²) < 4.78 is 5.59. The van der Waals surface area contributed by atoms with Gasteiger partial charge in [-0.05, 0) is 53.6 Å². The molecule has 1 atom stereocenters. The van der Waals surface area contributed by atoms with E-state index in [9.17, 15) is 14.4 Å². The Hall–Kier alpha value is -4.13. The van der Waals surface area contributed by atoms with Crippen LogP contribution in [0.1, 0.15) is 48.9 Å². The highest BCUT2D eigenvalue weighted by Gasteiger charge is 2.30. The fourth-order valence-electron chi connectivity index (χ4n) is 4.56. The monoisotopic (exact) mass is 499 g/mol. The fourth-order valence-corrected chi connectivity index (χ4v) is 4.56. The number of ether oxygens (including phenoxy) is 1. The lowest BCUT2D eigenvalue weighted by Gasteiger charge is -2.24. The predicted octanol–water partition coefficient (Wildman–Crippen LogP) is 4.28. The van der Waals surface area contributed by atoms with E-state index in [1.54, 1.807) is 20.8 Å². The Bertz CT molecular complexity index is 1250. The van der Waals surface area contributed by atoms with E-state index in [4.69, 9.17) is 10.5 Å². The van der Waals surface area contributed by atoms with Gasteiger partial charge in [-0.15, -0.1) is 0 Å². The first-order chi connectivity index (χ1) is 17.7. The number of nitrogens with two attached hydrogens (primary N) is 1. The van der Waals surface area contributed by atoms with Crippen LogP contribution in [0, 0.1) is 5.92 Å². The molecule has 37 heavy (non-hydrogen) atoms. The fraction of sp³-hybridized carbons (Fsp3) is 0.300. The molecule has 0 aromatic heterocycles. The van der Waals surface area contributed by atoms with Crippen LogP contribution in [0.4, 0.5) is 4.79 Å². The van der Waals surface area contributed by atoms with Crippen molar-refractivity contribution in [3.63, 3.8) is 0 Å². The number of amides is 3. The van der Waals surface area contributed by atoms with Gasteiger partial charge in [0, 0.05) is 18.4 Å². The molecule has 0 fully saturated rings. The molecule has 7 heteroatoms. The minimum absolute atomic E-state index is 0.0187. The van der Waals surface area contributed by atoms with Gasteiger partial charge in [0.25, 0.3) is 0 Å². The van der Waals surface area contributed by atoms with E-state index in [0.29, 0.717) is 13.0 Å². The van der Waals surface area contributed by atoms with Gasteiger partial charge < -0.3 is 21.1 Å². The van der Waals surface area contributed by atoms with Crippen LogP contribution >= 0.6 is 0 Å². The predicted molar refractivity (Wildman–Crippen MR) is 143 cm³/mol. The maximum Gasteiger partial charge on any atom is 0.407 e. The van der Waals surface area contributed by atoms with Crippen LogP contribution in [0.3, 0.4) is 0 Å². The second-order valence-corrected chi connectivity index (χ2v) is 10.1. The van der Waals surface area contributed by atoms with Crippen LogP contribution < -0.4 is 16.4 Å². The van der Waals surface area contributed by atoms with E-state index >= 15 is 0 Å². The van der Waals surface area contributed by atoms with Gasteiger partial charge in [-0.1, -0.05) is 79.7 Å². The normalized spacial score (nSPS) is 13.3. The zero-order valence-electron chi connectivity index (χ0n) is 21.4. The Balaban J connectivity index is 1.26. The molecule has 3 aromatic rings. The summed E-state index contributed by atoms with van der Waals surface area (Å²) in [7, 11) is 0. The molecule has 0 spiro atoms. The van der Waals surface area contributed by atoms with Crippen LogP contribution in [0.2, 0.25) is 0 Å². The molecule has 0 radical (unpaired) electrons. The van der Waals surface area contributed by atoms with Gasteiger partial charge in [-0.3, -0.25) is 9.59 Å². The number of rotatable bonds is 9. The second-order valence-electron chi connectivity index (χ2n) is 10.1. The van der Waals surface area contributed by atoms with Gasteiger partial charge in [0.15, 0.2) is 0 Å². The van der Waals surface area contributed by atoms with Crippen LogP contribution in [0.15, 0.2) is 72.8 Å². The molecular weight excluding hydrogens is 466 g/mol. The van der Waals surface area contributed by atoms with Crippen molar-refractivity contribution in [1.82, 2.24) is 10.6 Å². The van der Waals surface area contributed by atoms with E-state index in [1.807, 2.05) is 48.5 Å². The van der Waals surface area contributed by atoms with Gasteiger partial charge in [0.2, 0.25) is 11.8 Å². The van der Waals surface area contributed by atoms with Gasteiger partial charge >= 0.3 is 6.09 Å². The molecule has 0 aliphatic heterocycles. The maximum atomic E-state index is 12.4. The van der Waals surface area contributed by atoms with E-state index < -0.39 is 17.5 Å². The van der Waals surface area contributed by atoms with Crippen molar-refractivity contribution in [2.24, 2.45) is 11.7 Å². The molecule has 1 aliphatic carbocycles. The second kappa shape index (κ2) is 10.9. The summed E-state index contributed by atoms with van der Waals surface area (Å²) in [6.45, 7) is 5.57. The van der Waals surface area contributed by atoms with Gasteiger partial charge in [-0.2, -0.15) is 0 Å². The highest BCUT2D eigenvalue weighted by molar-refractivity contribution is 5.90. The molecule has 192 valence electrons. The van der Waals surface area contributed by atoms with Crippen LogP contribution in [-0.4, -0.2) is 30.1 Å². The first kappa shape index (κ1) is 25.9. The number of primary amides is 1. The summed E-state index contributed by atoms with van der Waals surface area (Å²) in [5.74, 6) is -1.13. The zero-order valence-corrected chi connectivity index (χ0v) is 21.4. The number of nitrogens with one attached hydrogen (secondary N) is 2. The van der Waals surface area contributed by atoms with Crippen molar-refractivity contribution < 1.29 is 19.1 Å². The van der Waals surface area contributed by atoms with Crippen LogP contribution in [-0.2, 0) is 27.3 Å². The average Bonchev–Trinajstić information content (AvgIpc) is 3.20. The Morgan fingerprint density at radius 2 is 1.43 bits per heavy atom. The third-order valence-corrected chi connectivity index (χ3v) is 6.84. The lowest BCUT2D eigenvalue weighted by atomic mass is 9.97. The molecular formula is C30H33N3O4. The van der Waals surface area contributed by atoms with E-state index in [1.165, 1.54) is 22.3 Å². The maximum absolute atomic E-state index is 12.4. The molecule has 7 nitrogen and oxygen atoms in total. The van der Waals surface area contributed by atoms with Crippen molar-refractivity contribution in [3.05, 3.63) is 95.1 Å². The molecule has 1 aliphatic rings. The Kier molecular flexibility index (Phi) is 7.62. The summed E-state index contributed by atoms with van der Waals surface area (Å²) in [4.78, 5) is 36.3. The number of alkyl carbamates (subject to hydrolysis) is 1. The lowest BCUT2D eigenvalue weighted by Crippen LogP contribution is -2.54. The van der Waals surface area contributed by atoms with E-state index in [2.05, 4.69) is 34.9 Å². The van der Waals surface area contributed by atoms with Crippen LogP contribution in [0.5, 0.6) is 0 Å². The third-order valence-electron chi connectivity index (χ3n) is 6.84. The number of carbonyl (C=O) groups is 3. The first-order valence-corrected chi connectivity index (χ1v) is 12.4. The molecule has 0 saturated carbocycles. The van der Waals surface area contributed by atoms with Gasteiger partial charge in [0.05, 0.1) is 0 Å². The van der Waals surface area contributed by atoms with Crippen molar-refractivity contribution in [3.8, 4) is 11.1 Å². The molecule has 3 aromatic carbocycles. The molecule has 4 rings (SSSR count). The Labute approximate surface area is 217 Å². The largest absolute Gasteiger partial charge is 0.449 e. The number of hydrogen-bond acceptors (Lipinski definition) is 4. The van der Waals surface area contributed by atoms with Gasteiger partial charge in [0.1, 0.15) is 12.1 Å². The summed E-state index contributed by atoms with van der Waals surface area (Å²) >= 11 is 0. The number of carbonyl (C=O) groups excluding carboxylic acids is 3. The smallest absolute Gasteiger partial charge is 0.407 e. The average molecular weight is 500 g/mol. The molecule has 0 heterocycles. The molecule has 3 amide bonds. The SMILES string of the molecule is C[C@@H](Cc1ccc(CNC(=O)OCC2c3ccccc3-c3ccccc32)cc1)C(=O)NC(C)(C)C(N)=O. The number of hydrogen-bond donors (Lipinski definition) is 3. The molecule has 0 bridgehead atoms. The summed E-state index contributed by atoms with van der Waals surface area (Å²) in [5.41, 5.74) is 10.9. The first-order valence-electron chi connectivity index (χ1n) is 12.4. The highest BCUT2D eigenvalue weighted by atomic mass is 16.5.